The van der Waals surface area contributed by atoms with Crippen molar-refractivity contribution in [3.05, 3.63) is 36.5 Å². The molecule has 3 rings (SSSR count). The molecule has 1 aliphatic carbocycles. The first-order chi connectivity index (χ1) is 11.7. The molecule has 0 unspecified atom stereocenters. The first kappa shape index (κ1) is 16.7. The fourth-order valence-corrected chi connectivity index (χ4v) is 3.09. The second-order valence-corrected chi connectivity index (χ2v) is 6.19. The molecule has 5 heteroatoms. The van der Waals surface area contributed by atoms with Crippen molar-refractivity contribution in [1.82, 2.24) is 4.98 Å². The highest BCUT2D eigenvalue weighted by molar-refractivity contribution is 5.84. The van der Waals surface area contributed by atoms with Gasteiger partial charge in [-0.2, -0.15) is 0 Å². The van der Waals surface area contributed by atoms with E-state index in [0.29, 0.717) is 13.2 Å². The lowest BCUT2D eigenvalue weighted by Gasteiger charge is -2.39. The summed E-state index contributed by atoms with van der Waals surface area (Å²) in [5, 5.41) is 0.960. The minimum atomic E-state index is -0.334. The van der Waals surface area contributed by atoms with E-state index < -0.39 is 0 Å². The summed E-state index contributed by atoms with van der Waals surface area (Å²) in [5.41, 5.74) is 0.555. The van der Waals surface area contributed by atoms with Gasteiger partial charge >= 0.3 is 5.97 Å². The van der Waals surface area contributed by atoms with Gasteiger partial charge in [0.25, 0.3) is 0 Å². The molecule has 0 aliphatic heterocycles. The van der Waals surface area contributed by atoms with E-state index in [4.69, 9.17) is 14.2 Å². The van der Waals surface area contributed by atoms with Crippen molar-refractivity contribution in [2.75, 3.05) is 26.9 Å². The minimum Gasteiger partial charge on any atom is -0.489 e. The Morgan fingerprint density at radius 3 is 2.75 bits per heavy atom. The average Bonchev–Trinajstić information content (AvgIpc) is 2.58. The summed E-state index contributed by atoms with van der Waals surface area (Å²) in [6.07, 6.45) is 5.32. The number of methoxy groups -OCH3 is 1. The number of ether oxygens (including phenoxy) is 3. The maximum atomic E-state index is 12.3. The van der Waals surface area contributed by atoms with Crippen LogP contribution >= 0.6 is 0 Å². The van der Waals surface area contributed by atoms with Gasteiger partial charge in [-0.15, -0.1) is 0 Å². The van der Waals surface area contributed by atoms with E-state index in [1.807, 2.05) is 30.3 Å². The van der Waals surface area contributed by atoms with Gasteiger partial charge in [0, 0.05) is 25.3 Å². The zero-order valence-electron chi connectivity index (χ0n) is 14.0. The molecule has 1 fully saturated rings. The molecule has 1 aromatic heterocycles. The number of esters is 1. The van der Waals surface area contributed by atoms with Crippen LogP contribution in [0.5, 0.6) is 5.75 Å². The Balaban J connectivity index is 1.50. The highest BCUT2D eigenvalue weighted by atomic mass is 16.6. The molecule has 1 aromatic carbocycles. The topological polar surface area (TPSA) is 57.7 Å². The summed E-state index contributed by atoms with van der Waals surface area (Å²) in [4.78, 5) is 16.6. The SMILES string of the molecule is COCCC1(C(=O)OCCOc2ccnc3ccccc23)CCC1. The normalized spacial score (nSPS) is 15.7. The van der Waals surface area contributed by atoms with Crippen molar-refractivity contribution in [3.63, 3.8) is 0 Å². The fourth-order valence-electron chi connectivity index (χ4n) is 3.09. The number of carbonyl (C=O) groups is 1. The molecule has 0 spiro atoms. The molecule has 1 saturated carbocycles. The van der Waals surface area contributed by atoms with Crippen molar-refractivity contribution in [1.29, 1.82) is 0 Å². The van der Waals surface area contributed by atoms with E-state index in [9.17, 15) is 4.79 Å². The van der Waals surface area contributed by atoms with Crippen LogP contribution in [0.4, 0.5) is 0 Å². The van der Waals surface area contributed by atoms with Crippen LogP contribution in [0, 0.1) is 5.41 Å². The van der Waals surface area contributed by atoms with E-state index in [1.165, 1.54) is 0 Å². The van der Waals surface area contributed by atoms with Crippen LogP contribution in [0.1, 0.15) is 25.7 Å². The molecule has 0 amide bonds. The number of hydrogen-bond acceptors (Lipinski definition) is 5. The van der Waals surface area contributed by atoms with Gasteiger partial charge in [-0.1, -0.05) is 18.6 Å². The monoisotopic (exact) mass is 329 g/mol. The Hall–Kier alpha value is -2.14. The highest BCUT2D eigenvalue weighted by Crippen LogP contribution is 2.45. The Labute approximate surface area is 141 Å². The number of benzene rings is 1. The van der Waals surface area contributed by atoms with Gasteiger partial charge in [0.2, 0.25) is 0 Å². The molecule has 2 aromatic rings. The number of pyridine rings is 1. The van der Waals surface area contributed by atoms with Gasteiger partial charge < -0.3 is 14.2 Å². The van der Waals surface area contributed by atoms with E-state index in [0.717, 1.165) is 42.3 Å². The predicted molar refractivity (Wildman–Crippen MR) is 91.0 cm³/mol. The standard InChI is InChI=1S/C19H23NO4/c1-22-12-10-19(8-4-9-19)18(21)24-14-13-23-17-7-11-20-16-6-3-2-5-15(16)17/h2-3,5-7,11H,4,8-10,12-14H2,1H3. The Morgan fingerprint density at radius 1 is 1.17 bits per heavy atom. The number of para-hydroxylation sites is 1. The van der Waals surface area contributed by atoms with Gasteiger partial charge in [0.1, 0.15) is 19.0 Å². The number of carbonyl (C=O) groups excluding carboxylic acids is 1. The third-order valence-electron chi connectivity index (χ3n) is 4.71. The lowest BCUT2D eigenvalue weighted by atomic mass is 9.67. The zero-order valence-corrected chi connectivity index (χ0v) is 14.0. The number of fused-ring (bicyclic) bond motifs is 1. The average molecular weight is 329 g/mol. The smallest absolute Gasteiger partial charge is 0.312 e. The Morgan fingerprint density at radius 2 is 2.00 bits per heavy atom. The lowest BCUT2D eigenvalue weighted by Crippen LogP contribution is -2.40. The molecule has 0 N–H and O–H groups in total. The van der Waals surface area contributed by atoms with Gasteiger partial charge in [0.05, 0.1) is 10.9 Å². The third-order valence-corrected chi connectivity index (χ3v) is 4.71. The Kier molecular flexibility index (Phi) is 5.30. The first-order valence-corrected chi connectivity index (χ1v) is 8.38. The maximum absolute atomic E-state index is 12.3. The van der Waals surface area contributed by atoms with Crippen molar-refractivity contribution in [2.24, 2.45) is 5.41 Å². The molecule has 1 heterocycles. The molecule has 0 saturated heterocycles. The second kappa shape index (κ2) is 7.62. The second-order valence-electron chi connectivity index (χ2n) is 6.19. The van der Waals surface area contributed by atoms with Crippen molar-refractivity contribution < 1.29 is 19.0 Å². The van der Waals surface area contributed by atoms with Crippen LogP contribution in [0.25, 0.3) is 10.9 Å². The molecule has 24 heavy (non-hydrogen) atoms. The summed E-state index contributed by atoms with van der Waals surface area (Å²) in [5.74, 6) is 0.642. The molecule has 0 bridgehead atoms. The summed E-state index contributed by atoms with van der Waals surface area (Å²) in [6, 6.07) is 9.64. The van der Waals surface area contributed by atoms with Crippen LogP contribution in [0.15, 0.2) is 36.5 Å². The molecular weight excluding hydrogens is 306 g/mol. The van der Waals surface area contributed by atoms with Crippen LogP contribution in [-0.2, 0) is 14.3 Å². The largest absolute Gasteiger partial charge is 0.489 e. The molecule has 128 valence electrons. The van der Waals surface area contributed by atoms with Gasteiger partial charge in [0.15, 0.2) is 0 Å². The first-order valence-electron chi connectivity index (χ1n) is 8.38. The quantitative estimate of drug-likeness (QED) is 0.549. The van der Waals surface area contributed by atoms with Crippen molar-refractivity contribution in [2.45, 2.75) is 25.7 Å². The Bertz CT molecular complexity index is 691. The summed E-state index contributed by atoms with van der Waals surface area (Å²) >= 11 is 0. The van der Waals surface area contributed by atoms with E-state index in [-0.39, 0.29) is 18.0 Å². The van der Waals surface area contributed by atoms with E-state index in [1.54, 1.807) is 13.3 Å². The minimum absolute atomic E-state index is 0.117. The van der Waals surface area contributed by atoms with Gasteiger partial charge in [-0.3, -0.25) is 9.78 Å². The molecule has 1 aliphatic rings. The van der Waals surface area contributed by atoms with Crippen LogP contribution < -0.4 is 4.74 Å². The molecule has 0 atom stereocenters. The number of rotatable bonds is 8. The third kappa shape index (κ3) is 3.51. The molecule has 5 nitrogen and oxygen atoms in total. The number of nitrogens with zero attached hydrogens (tertiary/aromatic N) is 1. The number of hydrogen-bond donors (Lipinski definition) is 0. The number of aromatic nitrogens is 1. The van der Waals surface area contributed by atoms with Gasteiger partial charge in [-0.25, -0.2) is 0 Å². The van der Waals surface area contributed by atoms with Crippen LogP contribution in [0.2, 0.25) is 0 Å². The van der Waals surface area contributed by atoms with E-state index >= 15 is 0 Å². The highest BCUT2D eigenvalue weighted by Gasteiger charge is 2.45. The van der Waals surface area contributed by atoms with Crippen molar-refractivity contribution in [3.8, 4) is 5.75 Å². The zero-order chi connectivity index (χ0) is 16.8. The lowest BCUT2D eigenvalue weighted by molar-refractivity contribution is -0.164. The summed E-state index contributed by atoms with van der Waals surface area (Å²) < 4.78 is 16.3. The van der Waals surface area contributed by atoms with Crippen LogP contribution in [-0.4, -0.2) is 37.9 Å². The molecular formula is C19H23NO4. The van der Waals surface area contributed by atoms with Crippen LogP contribution in [0.3, 0.4) is 0 Å². The maximum Gasteiger partial charge on any atom is 0.312 e. The van der Waals surface area contributed by atoms with Crippen molar-refractivity contribution >= 4 is 16.9 Å². The van der Waals surface area contributed by atoms with Gasteiger partial charge in [-0.05, 0) is 37.5 Å². The fraction of sp³-hybridized carbons (Fsp3) is 0.474. The summed E-state index contributed by atoms with van der Waals surface area (Å²) in [7, 11) is 1.66. The predicted octanol–water partition coefficient (Wildman–Crippen LogP) is 3.36. The molecule has 0 radical (unpaired) electrons. The summed E-state index contributed by atoms with van der Waals surface area (Å²) in [6.45, 7) is 1.18. The van der Waals surface area contributed by atoms with E-state index in [2.05, 4.69) is 4.98 Å².